The molecule has 1 N–H and O–H groups in total. The SMILES string of the molecule is Cc1c(C(=O)O)c(-c2ccc(Cl)cc2)cn1-c1ccc(Br)cc1. The predicted octanol–water partition coefficient (Wildman–Crippen LogP) is 5.57. The molecule has 3 nitrogen and oxygen atoms in total. The minimum absolute atomic E-state index is 0.301. The van der Waals surface area contributed by atoms with Crippen molar-refractivity contribution in [2.75, 3.05) is 0 Å². The summed E-state index contributed by atoms with van der Waals surface area (Å²) in [6.45, 7) is 1.81. The van der Waals surface area contributed by atoms with Crippen molar-refractivity contribution < 1.29 is 9.90 Å². The summed E-state index contributed by atoms with van der Waals surface area (Å²) in [5.41, 5.74) is 3.40. The second kappa shape index (κ2) is 6.22. The molecule has 0 saturated carbocycles. The molecule has 3 aromatic rings. The quantitative estimate of drug-likeness (QED) is 0.635. The lowest BCUT2D eigenvalue weighted by molar-refractivity contribution is 0.0697. The van der Waals surface area contributed by atoms with E-state index in [1.165, 1.54) is 0 Å². The molecule has 0 radical (unpaired) electrons. The zero-order valence-corrected chi connectivity index (χ0v) is 14.6. The fourth-order valence-electron chi connectivity index (χ4n) is 2.59. The second-order valence-corrected chi connectivity index (χ2v) is 6.51. The predicted molar refractivity (Wildman–Crippen MR) is 95.6 cm³/mol. The first-order chi connectivity index (χ1) is 11.0. The number of carboxylic acid groups (broad SMARTS) is 1. The van der Waals surface area contributed by atoms with Gasteiger partial charge in [-0.05, 0) is 48.9 Å². The maximum absolute atomic E-state index is 11.7. The highest BCUT2D eigenvalue weighted by molar-refractivity contribution is 9.10. The van der Waals surface area contributed by atoms with Crippen molar-refractivity contribution in [1.29, 1.82) is 0 Å². The van der Waals surface area contributed by atoms with Crippen molar-refractivity contribution in [2.24, 2.45) is 0 Å². The van der Waals surface area contributed by atoms with Crippen LogP contribution in [0.4, 0.5) is 0 Å². The number of aromatic nitrogens is 1. The van der Waals surface area contributed by atoms with Crippen molar-refractivity contribution in [3.05, 3.63) is 75.5 Å². The lowest BCUT2D eigenvalue weighted by Gasteiger charge is -2.06. The van der Waals surface area contributed by atoms with E-state index < -0.39 is 5.97 Å². The van der Waals surface area contributed by atoms with Crippen LogP contribution in [-0.4, -0.2) is 15.6 Å². The van der Waals surface area contributed by atoms with E-state index in [2.05, 4.69) is 15.9 Å². The van der Waals surface area contributed by atoms with Crippen molar-refractivity contribution >= 4 is 33.5 Å². The highest BCUT2D eigenvalue weighted by atomic mass is 79.9. The van der Waals surface area contributed by atoms with Crippen LogP contribution in [0.25, 0.3) is 16.8 Å². The summed E-state index contributed by atoms with van der Waals surface area (Å²) in [6.07, 6.45) is 1.85. The normalized spacial score (nSPS) is 10.7. The Labute approximate surface area is 147 Å². The molecule has 0 bridgehead atoms. The molecule has 116 valence electrons. The Bertz CT molecular complexity index is 867. The van der Waals surface area contributed by atoms with Crippen molar-refractivity contribution in [1.82, 2.24) is 4.57 Å². The van der Waals surface area contributed by atoms with Crippen LogP contribution in [0.1, 0.15) is 16.1 Å². The Balaban J connectivity index is 2.20. The van der Waals surface area contributed by atoms with Crippen LogP contribution in [0.5, 0.6) is 0 Å². The molecular formula is C18H13BrClNO2. The van der Waals surface area contributed by atoms with E-state index in [9.17, 15) is 9.90 Å². The molecule has 0 unspecified atom stereocenters. The number of aromatic carboxylic acids is 1. The van der Waals surface area contributed by atoms with Gasteiger partial charge in [0.1, 0.15) is 0 Å². The van der Waals surface area contributed by atoms with Crippen LogP contribution >= 0.6 is 27.5 Å². The molecule has 1 aromatic heterocycles. The van der Waals surface area contributed by atoms with Gasteiger partial charge in [-0.2, -0.15) is 0 Å². The minimum Gasteiger partial charge on any atom is -0.478 e. The largest absolute Gasteiger partial charge is 0.478 e. The molecule has 0 fully saturated rings. The van der Waals surface area contributed by atoms with Gasteiger partial charge < -0.3 is 9.67 Å². The molecule has 0 atom stereocenters. The standard InChI is InChI=1S/C18H13BrClNO2/c1-11-17(18(22)23)16(12-2-6-14(20)7-3-12)10-21(11)15-8-4-13(19)5-9-15/h2-10H,1H3,(H,22,23). The average Bonchev–Trinajstić information content (AvgIpc) is 2.86. The van der Waals surface area contributed by atoms with E-state index in [0.29, 0.717) is 21.8 Å². The van der Waals surface area contributed by atoms with E-state index in [4.69, 9.17) is 11.6 Å². The molecule has 3 rings (SSSR count). The van der Waals surface area contributed by atoms with E-state index in [-0.39, 0.29) is 0 Å². The number of carboxylic acids is 1. The van der Waals surface area contributed by atoms with Gasteiger partial charge >= 0.3 is 5.97 Å². The molecule has 0 aliphatic carbocycles. The summed E-state index contributed by atoms with van der Waals surface area (Å²) in [4.78, 5) is 11.7. The molecule has 0 amide bonds. The fourth-order valence-corrected chi connectivity index (χ4v) is 2.98. The van der Waals surface area contributed by atoms with Crippen LogP contribution in [0.15, 0.2) is 59.2 Å². The lowest BCUT2D eigenvalue weighted by atomic mass is 10.0. The Morgan fingerprint density at radius 2 is 1.70 bits per heavy atom. The highest BCUT2D eigenvalue weighted by Crippen LogP contribution is 2.31. The van der Waals surface area contributed by atoms with Crippen LogP contribution in [0.3, 0.4) is 0 Å². The molecule has 5 heteroatoms. The molecule has 1 heterocycles. The maximum Gasteiger partial charge on any atom is 0.338 e. The number of nitrogens with zero attached hydrogens (tertiary/aromatic N) is 1. The topological polar surface area (TPSA) is 42.2 Å². The number of hydrogen-bond donors (Lipinski definition) is 1. The third-order valence-corrected chi connectivity index (χ3v) is 4.51. The third kappa shape index (κ3) is 3.05. The first-order valence-corrected chi connectivity index (χ1v) is 8.11. The zero-order chi connectivity index (χ0) is 16.6. The van der Waals surface area contributed by atoms with Gasteiger partial charge in [-0.25, -0.2) is 4.79 Å². The van der Waals surface area contributed by atoms with E-state index in [1.807, 2.05) is 54.1 Å². The number of rotatable bonds is 3. The average molecular weight is 391 g/mol. The zero-order valence-electron chi connectivity index (χ0n) is 12.3. The van der Waals surface area contributed by atoms with Gasteiger partial charge in [0.2, 0.25) is 0 Å². The fraction of sp³-hybridized carbons (Fsp3) is 0.0556. The summed E-state index contributed by atoms with van der Waals surface area (Å²) in [5, 5.41) is 10.2. The van der Waals surface area contributed by atoms with Gasteiger partial charge in [0, 0.05) is 32.6 Å². The molecule has 0 aliphatic heterocycles. The summed E-state index contributed by atoms with van der Waals surface area (Å²) in [5.74, 6) is -0.941. The lowest BCUT2D eigenvalue weighted by Crippen LogP contribution is -2.02. The Hall–Kier alpha value is -2.04. The maximum atomic E-state index is 11.7. The Kier molecular flexibility index (Phi) is 4.28. The molecule has 0 aliphatic rings. The Morgan fingerprint density at radius 1 is 1.09 bits per heavy atom. The monoisotopic (exact) mass is 389 g/mol. The Morgan fingerprint density at radius 3 is 2.26 bits per heavy atom. The van der Waals surface area contributed by atoms with E-state index >= 15 is 0 Å². The van der Waals surface area contributed by atoms with Crippen molar-refractivity contribution in [3.8, 4) is 16.8 Å². The van der Waals surface area contributed by atoms with Gasteiger partial charge in [-0.3, -0.25) is 0 Å². The van der Waals surface area contributed by atoms with Crippen molar-refractivity contribution in [3.63, 3.8) is 0 Å². The van der Waals surface area contributed by atoms with Gasteiger partial charge in [0.25, 0.3) is 0 Å². The van der Waals surface area contributed by atoms with Crippen LogP contribution in [0.2, 0.25) is 5.02 Å². The number of carbonyl (C=O) groups is 1. The van der Waals surface area contributed by atoms with Gasteiger partial charge in [-0.1, -0.05) is 39.7 Å². The summed E-state index contributed by atoms with van der Waals surface area (Å²) in [7, 11) is 0. The van der Waals surface area contributed by atoms with Gasteiger partial charge in [0.05, 0.1) is 5.56 Å². The van der Waals surface area contributed by atoms with E-state index in [1.54, 1.807) is 12.1 Å². The smallest absolute Gasteiger partial charge is 0.338 e. The number of halogens is 2. The second-order valence-electron chi connectivity index (χ2n) is 5.16. The van der Waals surface area contributed by atoms with Crippen molar-refractivity contribution in [2.45, 2.75) is 6.92 Å². The number of benzene rings is 2. The van der Waals surface area contributed by atoms with E-state index in [0.717, 1.165) is 15.7 Å². The third-order valence-electron chi connectivity index (χ3n) is 3.72. The minimum atomic E-state index is -0.941. The molecular weight excluding hydrogens is 378 g/mol. The van der Waals surface area contributed by atoms with Gasteiger partial charge in [0.15, 0.2) is 0 Å². The first kappa shape index (κ1) is 15.8. The number of hydrogen-bond acceptors (Lipinski definition) is 1. The highest BCUT2D eigenvalue weighted by Gasteiger charge is 2.20. The summed E-state index contributed by atoms with van der Waals surface area (Å²) in [6, 6.07) is 14.9. The molecule has 0 saturated heterocycles. The summed E-state index contributed by atoms with van der Waals surface area (Å²) >= 11 is 9.33. The van der Waals surface area contributed by atoms with Gasteiger partial charge in [-0.15, -0.1) is 0 Å². The summed E-state index contributed by atoms with van der Waals surface area (Å²) < 4.78 is 2.86. The van der Waals surface area contributed by atoms with Crippen LogP contribution in [-0.2, 0) is 0 Å². The van der Waals surface area contributed by atoms with Crippen LogP contribution < -0.4 is 0 Å². The van der Waals surface area contributed by atoms with Crippen LogP contribution in [0, 0.1) is 6.92 Å². The molecule has 0 spiro atoms. The molecule has 23 heavy (non-hydrogen) atoms. The first-order valence-electron chi connectivity index (χ1n) is 6.94. The molecule has 2 aromatic carbocycles.